The van der Waals surface area contributed by atoms with E-state index in [0.29, 0.717) is 6.04 Å². The van der Waals surface area contributed by atoms with E-state index < -0.39 is 0 Å². The number of aliphatic hydroxyl groups is 1. The van der Waals surface area contributed by atoms with Crippen LogP contribution in [0.1, 0.15) is 41.0 Å². The molecule has 1 fully saturated rings. The van der Waals surface area contributed by atoms with Gasteiger partial charge in [0.2, 0.25) is 0 Å². The second kappa shape index (κ2) is 5.30. The Morgan fingerprint density at radius 1 is 1.38 bits per heavy atom. The molecule has 16 heavy (non-hydrogen) atoms. The minimum Gasteiger partial charge on any atom is -0.392 e. The van der Waals surface area contributed by atoms with Gasteiger partial charge in [0.05, 0.1) is 6.10 Å². The summed E-state index contributed by atoms with van der Waals surface area (Å²) in [6, 6.07) is 2.55. The van der Waals surface area contributed by atoms with Crippen LogP contribution in [-0.2, 0) is 6.54 Å². The molecule has 1 aliphatic carbocycles. The van der Waals surface area contributed by atoms with Crippen LogP contribution in [0.2, 0.25) is 0 Å². The van der Waals surface area contributed by atoms with Gasteiger partial charge in [0.15, 0.2) is 0 Å². The molecule has 0 amide bonds. The molecule has 0 bridgehead atoms. The standard InChI is InChI=1S/C13H21NOS/c1-9-7-11(10(2)16-9)8-14-12-5-3-4-6-13(12)15/h7,12-15H,3-6,8H2,1-2H3. The van der Waals surface area contributed by atoms with Crippen molar-refractivity contribution in [1.29, 1.82) is 0 Å². The minimum atomic E-state index is -0.145. The summed E-state index contributed by atoms with van der Waals surface area (Å²) in [4.78, 5) is 2.77. The molecule has 2 nitrogen and oxygen atoms in total. The lowest BCUT2D eigenvalue weighted by atomic mass is 9.92. The van der Waals surface area contributed by atoms with Gasteiger partial charge >= 0.3 is 0 Å². The van der Waals surface area contributed by atoms with Gasteiger partial charge in [-0.05, 0) is 38.3 Å². The quantitative estimate of drug-likeness (QED) is 0.850. The first-order valence-electron chi connectivity index (χ1n) is 6.14. The van der Waals surface area contributed by atoms with E-state index in [1.807, 2.05) is 11.3 Å². The summed E-state index contributed by atoms with van der Waals surface area (Å²) < 4.78 is 0. The SMILES string of the molecule is Cc1cc(CNC2CCCCC2O)c(C)s1. The number of rotatable bonds is 3. The Kier molecular flexibility index (Phi) is 4.00. The molecule has 0 aliphatic heterocycles. The molecule has 90 valence electrons. The van der Waals surface area contributed by atoms with Crippen molar-refractivity contribution >= 4 is 11.3 Å². The molecule has 2 unspecified atom stereocenters. The lowest BCUT2D eigenvalue weighted by Crippen LogP contribution is -2.41. The number of thiophene rings is 1. The molecule has 1 aliphatic rings. The Hall–Kier alpha value is -0.380. The monoisotopic (exact) mass is 239 g/mol. The summed E-state index contributed by atoms with van der Waals surface area (Å²) in [5.74, 6) is 0. The summed E-state index contributed by atoms with van der Waals surface area (Å²) in [6.45, 7) is 5.22. The van der Waals surface area contributed by atoms with E-state index in [1.54, 1.807) is 0 Å². The van der Waals surface area contributed by atoms with Crippen molar-refractivity contribution in [2.24, 2.45) is 0 Å². The normalized spacial score (nSPS) is 25.9. The Morgan fingerprint density at radius 3 is 2.75 bits per heavy atom. The van der Waals surface area contributed by atoms with Crippen molar-refractivity contribution in [2.45, 2.75) is 58.2 Å². The van der Waals surface area contributed by atoms with Crippen LogP contribution in [0.4, 0.5) is 0 Å². The third-order valence-electron chi connectivity index (χ3n) is 3.43. The van der Waals surface area contributed by atoms with E-state index in [0.717, 1.165) is 19.4 Å². The fourth-order valence-electron chi connectivity index (χ4n) is 2.45. The molecule has 0 radical (unpaired) electrons. The van der Waals surface area contributed by atoms with Gasteiger partial charge in [-0.25, -0.2) is 0 Å². The number of hydrogen-bond acceptors (Lipinski definition) is 3. The second-order valence-corrected chi connectivity index (χ2v) is 6.24. The van der Waals surface area contributed by atoms with E-state index >= 15 is 0 Å². The van der Waals surface area contributed by atoms with E-state index in [2.05, 4.69) is 25.2 Å². The first-order valence-corrected chi connectivity index (χ1v) is 6.96. The van der Waals surface area contributed by atoms with Gasteiger partial charge in [-0.15, -0.1) is 11.3 Å². The lowest BCUT2D eigenvalue weighted by Gasteiger charge is -2.28. The van der Waals surface area contributed by atoms with Gasteiger partial charge in [0.1, 0.15) is 0 Å². The number of hydrogen-bond donors (Lipinski definition) is 2. The van der Waals surface area contributed by atoms with E-state index in [9.17, 15) is 5.11 Å². The average Bonchev–Trinajstić information content (AvgIpc) is 2.56. The van der Waals surface area contributed by atoms with E-state index in [-0.39, 0.29) is 6.10 Å². The maximum absolute atomic E-state index is 9.86. The molecule has 0 aromatic carbocycles. The molecule has 0 spiro atoms. The largest absolute Gasteiger partial charge is 0.392 e. The first kappa shape index (κ1) is 12.1. The van der Waals surface area contributed by atoms with Crippen LogP contribution < -0.4 is 5.32 Å². The molecule has 2 rings (SSSR count). The first-order chi connectivity index (χ1) is 7.66. The van der Waals surface area contributed by atoms with Crippen molar-refractivity contribution in [3.05, 3.63) is 21.4 Å². The van der Waals surface area contributed by atoms with Crippen LogP contribution in [0.5, 0.6) is 0 Å². The summed E-state index contributed by atoms with van der Waals surface area (Å²) in [7, 11) is 0. The highest BCUT2D eigenvalue weighted by Crippen LogP contribution is 2.22. The predicted octanol–water partition coefficient (Wildman–Crippen LogP) is 2.76. The second-order valence-electron chi connectivity index (χ2n) is 4.78. The molecular weight excluding hydrogens is 218 g/mol. The maximum atomic E-state index is 9.86. The van der Waals surface area contributed by atoms with Gasteiger partial charge < -0.3 is 10.4 Å². The summed E-state index contributed by atoms with van der Waals surface area (Å²) in [5.41, 5.74) is 1.39. The molecule has 2 atom stereocenters. The fraction of sp³-hybridized carbons (Fsp3) is 0.692. The van der Waals surface area contributed by atoms with Crippen LogP contribution >= 0.6 is 11.3 Å². The topological polar surface area (TPSA) is 32.3 Å². The van der Waals surface area contributed by atoms with Gasteiger partial charge in [-0.2, -0.15) is 0 Å². The highest BCUT2D eigenvalue weighted by atomic mass is 32.1. The van der Waals surface area contributed by atoms with Gasteiger partial charge in [-0.3, -0.25) is 0 Å². The van der Waals surface area contributed by atoms with Crippen LogP contribution in [0.15, 0.2) is 6.07 Å². The third-order valence-corrected chi connectivity index (χ3v) is 4.44. The van der Waals surface area contributed by atoms with Crippen molar-refractivity contribution in [1.82, 2.24) is 5.32 Å². The molecular formula is C13H21NOS. The molecule has 0 saturated heterocycles. The van der Waals surface area contributed by atoms with Crippen LogP contribution in [0.3, 0.4) is 0 Å². The molecule has 3 heteroatoms. The third kappa shape index (κ3) is 2.84. The van der Waals surface area contributed by atoms with Gasteiger partial charge in [0, 0.05) is 22.3 Å². The lowest BCUT2D eigenvalue weighted by molar-refractivity contribution is 0.0902. The zero-order valence-electron chi connectivity index (χ0n) is 10.1. The molecule has 1 heterocycles. The van der Waals surface area contributed by atoms with Gasteiger partial charge in [0.25, 0.3) is 0 Å². The Labute approximate surface area is 102 Å². The smallest absolute Gasteiger partial charge is 0.0693 e. The number of aliphatic hydroxyl groups excluding tert-OH is 1. The molecule has 1 saturated carbocycles. The van der Waals surface area contributed by atoms with Crippen LogP contribution in [0.25, 0.3) is 0 Å². The average molecular weight is 239 g/mol. The summed E-state index contributed by atoms with van der Waals surface area (Å²) >= 11 is 1.85. The highest BCUT2D eigenvalue weighted by Gasteiger charge is 2.22. The minimum absolute atomic E-state index is 0.145. The summed E-state index contributed by atoms with van der Waals surface area (Å²) in [6.07, 6.45) is 4.35. The fourth-order valence-corrected chi connectivity index (χ4v) is 3.40. The molecule has 1 aromatic heterocycles. The molecule has 2 N–H and O–H groups in total. The zero-order valence-corrected chi connectivity index (χ0v) is 10.9. The Morgan fingerprint density at radius 2 is 2.12 bits per heavy atom. The highest BCUT2D eigenvalue weighted by molar-refractivity contribution is 7.12. The van der Waals surface area contributed by atoms with Crippen molar-refractivity contribution < 1.29 is 5.11 Å². The number of aryl methyl sites for hydroxylation is 2. The predicted molar refractivity (Wildman–Crippen MR) is 68.9 cm³/mol. The Bertz CT molecular complexity index is 348. The summed E-state index contributed by atoms with van der Waals surface area (Å²) in [5, 5.41) is 13.4. The van der Waals surface area contributed by atoms with E-state index in [4.69, 9.17) is 0 Å². The maximum Gasteiger partial charge on any atom is 0.0693 e. The van der Waals surface area contributed by atoms with Crippen molar-refractivity contribution in [2.75, 3.05) is 0 Å². The van der Waals surface area contributed by atoms with Crippen LogP contribution in [-0.4, -0.2) is 17.3 Å². The van der Waals surface area contributed by atoms with Gasteiger partial charge in [-0.1, -0.05) is 12.8 Å². The Balaban J connectivity index is 1.89. The number of nitrogens with one attached hydrogen (secondary N) is 1. The van der Waals surface area contributed by atoms with Crippen molar-refractivity contribution in [3.63, 3.8) is 0 Å². The molecule has 1 aromatic rings. The van der Waals surface area contributed by atoms with Crippen molar-refractivity contribution in [3.8, 4) is 0 Å². The van der Waals surface area contributed by atoms with E-state index in [1.165, 1.54) is 28.2 Å². The zero-order chi connectivity index (χ0) is 11.5. The van der Waals surface area contributed by atoms with Crippen LogP contribution in [0, 0.1) is 13.8 Å².